The Hall–Kier alpha value is -2.70. The van der Waals surface area contributed by atoms with Crippen LogP contribution in [0.1, 0.15) is 53.0 Å². The normalized spacial score (nSPS) is 15.3. The first-order chi connectivity index (χ1) is 14.6. The van der Waals surface area contributed by atoms with Crippen LogP contribution in [0.4, 0.5) is 0 Å². The van der Waals surface area contributed by atoms with Crippen molar-refractivity contribution in [2.45, 2.75) is 46.2 Å². The Bertz CT molecular complexity index is 1180. The van der Waals surface area contributed by atoms with Crippen LogP contribution >= 0.6 is 23.2 Å². The third-order valence-electron chi connectivity index (χ3n) is 5.26. The standard InChI is InChI=1S/C23H23Cl2N5O/c1-14-8-15(2)10-17(9-14)19-11-23(3,4)30(27-19)22(31)20-13-29(28-26-20)12-16-6-5-7-18(24)21(16)25/h5-10,13H,11-12H2,1-4H3. The molecule has 0 bridgehead atoms. The minimum absolute atomic E-state index is 0.233. The van der Waals surface area contributed by atoms with E-state index in [1.165, 1.54) is 16.1 Å². The van der Waals surface area contributed by atoms with Crippen LogP contribution in [-0.2, 0) is 6.54 Å². The molecule has 4 rings (SSSR count). The van der Waals surface area contributed by atoms with E-state index in [-0.39, 0.29) is 11.6 Å². The van der Waals surface area contributed by atoms with Crippen LogP contribution in [-0.4, -0.2) is 37.2 Å². The Labute approximate surface area is 191 Å². The summed E-state index contributed by atoms with van der Waals surface area (Å²) in [5.74, 6) is -0.284. The third kappa shape index (κ3) is 4.36. The highest BCUT2D eigenvalue weighted by molar-refractivity contribution is 6.42. The number of nitrogens with zero attached hydrogens (tertiary/aromatic N) is 5. The van der Waals surface area contributed by atoms with Gasteiger partial charge in [0.15, 0.2) is 5.69 Å². The fourth-order valence-corrected chi connectivity index (χ4v) is 4.20. The summed E-state index contributed by atoms with van der Waals surface area (Å²) in [6, 6.07) is 11.7. The first-order valence-electron chi connectivity index (χ1n) is 9.98. The minimum Gasteiger partial charge on any atom is -0.265 e. The molecule has 2 heterocycles. The van der Waals surface area contributed by atoms with Gasteiger partial charge in [-0.05, 0) is 44.9 Å². The van der Waals surface area contributed by atoms with E-state index in [2.05, 4.69) is 47.5 Å². The zero-order valence-corrected chi connectivity index (χ0v) is 19.4. The maximum atomic E-state index is 13.2. The molecule has 0 atom stereocenters. The number of rotatable bonds is 4. The Kier molecular flexibility index (Phi) is 5.62. The molecule has 0 unspecified atom stereocenters. The molecule has 0 fully saturated rings. The predicted molar refractivity (Wildman–Crippen MR) is 123 cm³/mol. The van der Waals surface area contributed by atoms with Gasteiger partial charge in [-0.1, -0.05) is 69.9 Å². The van der Waals surface area contributed by atoms with E-state index in [4.69, 9.17) is 23.2 Å². The molecule has 2 aromatic carbocycles. The van der Waals surface area contributed by atoms with Crippen LogP contribution in [0.25, 0.3) is 0 Å². The summed E-state index contributed by atoms with van der Waals surface area (Å²) in [4.78, 5) is 13.2. The molecule has 6 nitrogen and oxygen atoms in total. The SMILES string of the molecule is Cc1cc(C)cc(C2=NN(C(=O)c3cn(Cc4cccc(Cl)c4Cl)nn3)C(C)(C)C2)c1. The molecule has 0 aliphatic carbocycles. The van der Waals surface area contributed by atoms with Crippen molar-refractivity contribution < 1.29 is 4.79 Å². The molecule has 8 heteroatoms. The molecule has 1 amide bonds. The lowest BCUT2D eigenvalue weighted by Crippen LogP contribution is -2.41. The molecule has 1 aromatic heterocycles. The van der Waals surface area contributed by atoms with Crippen molar-refractivity contribution in [1.82, 2.24) is 20.0 Å². The van der Waals surface area contributed by atoms with Gasteiger partial charge < -0.3 is 0 Å². The summed E-state index contributed by atoms with van der Waals surface area (Å²) >= 11 is 12.3. The highest BCUT2D eigenvalue weighted by atomic mass is 35.5. The Morgan fingerprint density at radius 2 is 1.84 bits per heavy atom. The van der Waals surface area contributed by atoms with Gasteiger partial charge in [-0.2, -0.15) is 5.10 Å². The van der Waals surface area contributed by atoms with Crippen molar-refractivity contribution in [3.05, 3.63) is 80.6 Å². The van der Waals surface area contributed by atoms with Crippen molar-refractivity contribution in [3.8, 4) is 0 Å². The number of carbonyl (C=O) groups is 1. The average molecular weight is 456 g/mol. The minimum atomic E-state index is -0.468. The number of aryl methyl sites for hydroxylation is 2. The predicted octanol–water partition coefficient (Wildman–Crippen LogP) is 5.28. The molecule has 0 saturated heterocycles. The van der Waals surface area contributed by atoms with E-state index >= 15 is 0 Å². The molecule has 0 radical (unpaired) electrons. The Morgan fingerprint density at radius 3 is 2.55 bits per heavy atom. The zero-order chi connectivity index (χ0) is 22.3. The van der Waals surface area contributed by atoms with E-state index in [0.717, 1.165) is 16.8 Å². The van der Waals surface area contributed by atoms with Crippen LogP contribution in [0, 0.1) is 13.8 Å². The fourth-order valence-electron chi connectivity index (χ4n) is 3.82. The van der Waals surface area contributed by atoms with Crippen molar-refractivity contribution in [1.29, 1.82) is 0 Å². The van der Waals surface area contributed by atoms with Crippen LogP contribution in [0.15, 0.2) is 47.7 Å². The van der Waals surface area contributed by atoms with Gasteiger partial charge in [0, 0.05) is 6.42 Å². The lowest BCUT2D eigenvalue weighted by atomic mass is 9.93. The van der Waals surface area contributed by atoms with E-state index in [9.17, 15) is 4.79 Å². The van der Waals surface area contributed by atoms with Gasteiger partial charge in [0.25, 0.3) is 5.91 Å². The molecular weight excluding hydrogens is 433 g/mol. The van der Waals surface area contributed by atoms with Gasteiger partial charge in [-0.25, -0.2) is 9.69 Å². The number of benzene rings is 2. The van der Waals surface area contributed by atoms with Crippen LogP contribution in [0.2, 0.25) is 10.0 Å². The zero-order valence-electron chi connectivity index (χ0n) is 17.9. The second-order valence-corrected chi connectivity index (χ2v) is 9.33. The molecule has 160 valence electrons. The van der Waals surface area contributed by atoms with Crippen LogP contribution in [0.5, 0.6) is 0 Å². The average Bonchev–Trinajstić information content (AvgIpc) is 3.28. The second-order valence-electron chi connectivity index (χ2n) is 8.54. The molecule has 1 aliphatic heterocycles. The first kappa shape index (κ1) is 21.5. The highest BCUT2D eigenvalue weighted by Gasteiger charge is 2.39. The molecule has 0 N–H and O–H groups in total. The van der Waals surface area contributed by atoms with Crippen molar-refractivity contribution in [3.63, 3.8) is 0 Å². The first-order valence-corrected chi connectivity index (χ1v) is 10.7. The van der Waals surface area contributed by atoms with E-state index in [0.29, 0.717) is 23.0 Å². The molecule has 0 spiro atoms. The van der Waals surface area contributed by atoms with Gasteiger partial charge in [0.05, 0.1) is 34.0 Å². The second kappa shape index (κ2) is 8.09. The molecule has 0 saturated carbocycles. The van der Waals surface area contributed by atoms with Crippen molar-refractivity contribution >= 4 is 34.8 Å². The van der Waals surface area contributed by atoms with Crippen molar-refractivity contribution in [2.24, 2.45) is 5.10 Å². The fraction of sp³-hybridized carbons (Fsp3) is 0.304. The lowest BCUT2D eigenvalue weighted by Gasteiger charge is -2.27. The summed E-state index contributed by atoms with van der Waals surface area (Å²) in [6.45, 7) is 8.48. The van der Waals surface area contributed by atoms with Gasteiger partial charge >= 0.3 is 0 Å². The summed E-state index contributed by atoms with van der Waals surface area (Å²) < 4.78 is 1.57. The summed E-state index contributed by atoms with van der Waals surface area (Å²) in [5.41, 5.74) is 4.84. The number of hydrazone groups is 1. The molecule has 1 aliphatic rings. The van der Waals surface area contributed by atoms with Gasteiger partial charge in [0.1, 0.15) is 0 Å². The van der Waals surface area contributed by atoms with Gasteiger partial charge in [-0.15, -0.1) is 5.10 Å². The van der Waals surface area contributed by atoms with Gasteiger partial charge in [0.2, 0.25) is 0 Å². The van der Waals surface area contributed by atoms with Crippen molar-refractivity contribution in [2.75, 3.05) is 0 Å². The Morgan fingerprint density at radius 1 is 1.13 bits per heavy atom. The number of amides is 1. The lowest BCUT2D eigenvalue weighted by molar-refractivity contribution is 0.0606. The number of carbonyl (C=O) groups excluding carboxylic acids is 1. The molecular formula is C23H23Cl2N5O. The number of aromatic nitrogens is 3. The quantitative estimate of drug-likeness (QED) is 0.537. The third-order valence-corrected chi connectivity index (χ3v) is 6.12. The number of hydrogen-bond acceptors (Lipinski definition) is 4. The number of halogens is 2. The summed E-state index contributed by atoms with van der Waals surface area (Å²) in [5, 5.41) is 15.3. The topological polar surface area (TPSA) is 63.4 Å². The Balaban J connectivity index is 1.59. The van der Waals surface area contributed by atoms with Crippen LogP contribution in [0.3, 0.4) is 0 Å². The largest absolute Gasteiger partial charge is 0.296 e. The number of hydrogen-bond donors (Lipinski definition) is 0. The maximum absolute atomic E-state index is 13.2. The summed E-state index contributed by atoms with van der Waals surface area (Å²) in [6.07, 6.45) is 2.27. The summed E-state index contributed by atoms with van der Waals surface area (Å²) in [7, 11) is 0. The van der Waals surface area contributed by atoms with E-state index < -0.39 is 5.54 Å². The van der Waals surface area contributed by atoms with E-state index in [1.54, 1.807) is 16.9 Å². The van der Waals surface area contributed by atoms with Gasteiger partial charge in [-0.3, -0.25) is 4.79 Å². The highest BCUT2D eigenvalue weighted by Crippen LogP contribution is 2.31. The monoisotopic (exact) mass is 455 g/mol. The smallest absolute Gasteiger partial charge is 0.265 e. The maximum Gasteiger partial charge on any atom is 0.296 e. The van der Waals surface area contributed by atoms with Crippen LogP contribution < -0.4 is 0 Å². The van der Waals surface area contributed by atoms with E-state index in [1.807, 2.05) is 26.0 Å². The molecule has 3 aromatic rings. The molecule has 31 heavy (non-hydrogen) atoms.